The van der Waals surface area contributed by atoms with Crippen molar-refractivity contribution >= 4 is 18.1 Å². The number of hydrogen-bond donors (Lipinski definition) is 2. The van der Waals surface area contributed by atoms with Crippen molar-refractivity contribution in [2.45, 2.75) is 25.3 Å². The highest BCUT2D eigenvalue weighted by Crippen LogP contribution is 2.13. The van der Waals surface area contributed by atoms with Crippen LogP contribution in [0.2, 0.25) is 0 Å². The standard InChI is InChI=1S/C13H19N5O2/c14-13-15-5-1-11(17-13)9-16-10-2-6-18(7-3-10)8-4-12(19)20/h1,5,9-10H,2-4,6-8H2,(H,19,20)(H2,14,15,17). The predicted molar refractivity (Wildman–Crippen MR) is 75.8 cm³/mol. The highest BCUT2D eigenvalue weighted by atomic mass is 16.4. The number of carboxylic acids is 1. The maximum absolute atomic E-state index is 10.5. The van der Waals surface area contributed by atoms with Crippen molar-refractivity contribution in [3.05, 3.63) is 18.0 Å². The number of aliphatic carboxylic acids is 1. The maximum Gasteiger partial charge on any atom is 0.304 e. The van der Waals surface area contributed by atoms with E-state index in [0.29, 0.717) is 12.2 Å². The second-order valence-electron chi connectivity index (χ2n) is 4.83. The van der Waals surface area contributed by atoms with Gasteiger partial charge in [0.15, 0.2) is 0 Å². The number of likely N-dealkylation sites (tertiary alicyclic amines) is 1. The minimum absolute atomic E-state index is 0.203. The molecule has 1 saturated heterocycles. The third-order valence-electron chi connectivity index (χ3n) is 3.31. The molecule has 7 heteroatoms. The van der Waals surface area contributed by atoms with Crippen molar-refractivity contribution in [3.63, 3.8) is 0 Å². The van der Waals surface area contributed by atoms with Crippen LogP contribution in [0.15, 0.2) is 17.3 Å². The molecular weight excluding hydrogens is 258 g/mol. The SMILES string of the molecule is Nc1nccc(C=NC2CCN(CCC(=O)O)CC2)n1. The van der Waals surface area contributed by atoms with E-state index >= 15 is 0 Å². The average Bonchev–Trinajstić information content (AvgIpc) is 2.44. The predicted octanol–water partition coefficient (Wildman–Crippen LogP) is 0.417. The van der Waals surface area contributed by atoms with Gasteiger partial charge in [0.2, 0.25) is 5.95 Å². The zero-order valence-electron chi connectivity index (χ0n) is 11.3. The molecule has 1 fully saturated rings. The average molecular weight is 277 g/mol. The molecular formula is C13H19N5O2. The Morgan fingerprint density at radius 1 is 1.55 bits per heavy atom. The molecule has 108 valence electrons. The second-order valence-corrected chi connectivity index (χ2v) is 4.83. The first kappa shape index (κ1) is 14.4. The summed E-state index contributed by atoms with van der Waals surface area (Å²) in [6.07, 6.45) is 5.43. The van der Waals surface area contributed by atoms with E-state index in [-0.39, 0.29) is 18.4 Å². The number of nitrogen functional groups attached to an aromatic ring is 1. The van der Waals surface area contributed by atoms with Crippen LogP contribution in [-0.4, -0.2) is 57.8 Å². The third-order valence-corrected chi connectivity index (χ3v) is 3.31. The lowest BCUT2D eigenvalue weighted by Crippen LogP contribution is -2.36. The number of piperidine rings is 1. The lowest BCUT2D eigenvalue weighted by molar-refractivity contribution is -0.137. The van der Waals surface area contributed by atoms with Crippen LogP contribution in [0.5, 0.6) is 0 Å². The van der Waals surface area contributed by atoms with E-state index in [9.17, 15) is 4.79 Å². The molecule has 0 saturated carbocycles. The van der Waals surface area contributed by atoms with Gasteiger partial charge in [-0.3, -0.25) is 9.79 Å². The fourth-order valence-corrected chi connectivity index (χ4v) is 2.19. The van der Waals surface area contributed by atoms with Crippen LogP contribution in [0, 0.1) is 0 Å². The van der Waals surface area contributed by atoms with E-state index in [1.807, 2.05) is 0 Å². The molecule has 0 aromatic carbocycles. The van der Waals surface area contributed by atoms with Crippen LogP contribution < -0.4 is 5.73 Å². The van der Waals surface area contributed by atoms with Crippen molar-refractivity contribution in [1.29, 1.82) is 0 Å². The summed E-state index contributed by atoms with van der Waals surface area (Å²) < 4.78 is 0. The fourth-order valence-electron chi connectivity index (χ4n) is 2.19. The summed E-state index contributed by atoms with van der Waals surface area (Å²) in [4.78, 5) is 25.1. The van der Waals surface area contributed by atoms with Gasteiger partial charge in [-0.1, -0.05) is 0 Å². The molecule has 0 bridgehead atoms. The molecule has 0 aliphatic carbocycles. The van der Waals surface area contributed by atoms with Crippen LogP contribution in [0.3, 0.4) is 0 Å². The first-order valence-corrected chi connectivity index (χ1v) is 6.69. The number of nitrogens with two attached hydrogens (primary N) is 1. The third kappa shape index (κ3) is 4.58. The Balaban J connectivity index is 1.78. The van der Waals surface area contributed by atoms with Gasteiger partial charge in [-0.15, -0.1) is 0 Å². The number of carboxylic acid groups (broad SMARTS) is 1. The number of hydrogen-bond acceptors (Lipinski definition) is 6. The molecule has 0 radical (unpaired) electrons. The Bertz CT molecular complexity index is 483. The molecule has 20 heavy (non-hydrogen) atoms. The molecule has 0 unspecified atom stereocenters. The number of carbonyl (C=O) groups is 1. The van der Waals surface area contributed by atoms with Gasteiger partial charge in [-0.25, -0.2) is 9.97 Å². The molecule has 1 aliphatic rings. The topological polar surface area (TPSA) is 105 Å². The summed E-state index contributed by atoms with van der Waals surface area (Å²) in [5.41, 5.74) is 6.22. The van der Waals surface area contributed by atoms with Crippen molar-refractivity contribution < 1.29 is 9.90 Å². The zero-order valence-corrected chi connectivity index (χ0v) is 11.3. The summed E-state index contributed by atoms with van der Waals surface area (Å²) in [6, 6.07) is 2.04. The minimum Gasteiger partial charge on any atom is -0.481 e. The molecule has 1 aromatic rings. The lowest BCUT2D eigenvalue weighted by atomic mass is 10.1. The molecule has 1 aromatic heterocycles. The zero-order chi connectivity index (χ0) is 14.4. The quantitative estimate of drug-likeness (QED) is 0.756. The van der Waals surface area contributed by atoms with E-state index in [0.717, 1.165) is 25.9 Å². The van der Waals surface area contributed by atoms with Crippen LogP contribution in [0.25, 0.3) is 0 Å². The van der Waals surface area contributed by atoms with Crippen LogP contribution >= 0.6 is 0 Å². The number of rotatable bonds is 5. The monoisotopic (exact) mass is 277 g/mol. The van der Waals surface area contributed by atoms with Gasteiger partial charge in [0.25, 0.3) is 0 Å². The van der Waals surface area contributed by atoms with Crippen LogP contribution in [0.4, 0.5) is 5.95 Å². The van der Waals surface area contributed by atoms with E-state index in [4.69, 9.17) is 10.8 Å². The number of aromatic nitrogens is 2. The van der Waals surface area contributed by atoms with Gasteiger partial charge < -0.3 is 15.7 Å². The maximum atomic E-state index is 10.5. The van der Waals surface area contributed by atoms with Crippen molar-refractivity contribution in [3.8, 4) is 0 Å². The summed E-state index contributed by atoms with van der Waals surface area (Å²) in [6.45, 7) is 2.40. The molecule has 0 atom stereocenters. The Labute approximate surface area is 117 Å². The summed E-state index contributed by atoms with van der Waals surface area (Å²) >= 11 is 0. The number of anilines is 1. The van der Waals surface area contributed by atoms with Gasteiger partial charge in [0.1, 0.15) is 0 Å². The van der Waals surface area contributed by atoms with Gasteiger partial charge >= 0.3 is 5.97 Å². The summed E-state index contributed by atoms with van der Waals surface area (Å²) in [5, 5.41) is 8.66. The van der Waals surface area contributed by atoms with Crippen molar-refractivity contribution in [2.75, 3.05) is 25.4 Å². The van der Waals surface area contributed by atoms with E-state index in [1.165, 1.54) is 0 Å². The molecule has 2 heterocycles. The van der Waals surface area contributed by atoms with Gasteiger partial charge in [-0.2, -0.15) is 0 Å². The van der Waals surface area contributed by atoms with Gasteiger partial charge in [0.05, 0.1) is 18.2 Å². The number of aliphatic imine (C=N–C) groups is 1. The first-order chi connectivity index (χ1) is 9.63. The lowest BCUT2D eigenvalue weighted by Gasteiger charge is -2.29. The van der Waals surface area contributed by atoms with Gasteiger partial charge in [0, 0.05) is 32.0 Å². The highest BCUT2D eigenvalue weighted by Gasteiger charge is 2.18. The van der Waals surface area contributed by atoms with E-state index in [1.54, 1.807) is 18.5 Å². The molecule has 1 aliphatic heterocycles. The van der Waals surface area contributed by atoms with Crippen LogP contribution in [0.1, 0.15) is 25.0 Å². The van der Waals surface area contributed by atoms with Crippen molar-refractivity contribution in [2.24, 2.45) is 4.99 Å². The summed E-state index contributed by atoms with van der Waals surface area (Å²) in [7, 11) is 0. The number of nitrogens with zero attached hydrogens (tertiary/aromatic N) is 4. The fraction of sp³-hybridized carbons (Fsp3) is 0.538. The Morgan fingerprint density at radius 2 is 2.30 bits per heavy atom. The Morgan fingerprint density at radius 3 is 2.95 bits per heavy atom. The first-order valence-electron chi connectivity index (χ1n) is 6.69. The normalized spacial score (nSPS) is 17.6. The van der Waals surface area contributed by atoms with Gasteiger partial charge in [-0.05, 0) is 18.9 Å². The van der Waals surface area contributed by atoms with E-state index < -0.39 is 5.97 Å². The van der Waals surface area contributed by atoms with Crippen molar-refractivity contribution in [1.82, 2.24) is 14.9 Å². The van der Waals surface area contributed by atoms with E-state index in [2.05, 4.69) is 19.9 Å². The Hall–Kier alpha value is -2.02. The molecule has 7 nitrogen and oxygen atoms in total. The molecule has 2 rings (SSSR count). The Kier molecular flexibility index (Phi) is 5.00. The van der Waals surface area contributed by atoms with Crippen LogP contribution in [-0.2, 0) is 4.79 Å². The second kappa shape index (κ2) is 6.95. The molecule has 3 N–H and O–H groups in total. The highest BCUT2D eigenvalue weighted by molar-refractivity contribution is 5.77. The largest absolute Gasteiger partial charge is 0.481 e. The smallest absolute Gasteiger partial charge is 0.304 e. The molecule has 0 spiro atoms. The summed E-state index contributed by atoms with van der Waals surface area (Å²) in [5.74, 6) is -0.496. The minimum atomic E-state index is -0.744. The molecule has 0 amide bonds.